The van der Waals surface area contributed by atoms with Crippen molar-refractivity contribution in [1.29, 1.82) is 0 Å². The number of thioether (sulfide) groups is 1. The smallest absolute Gasteiger partial charge is 0.257 e. The maximum atomic E-state index is 12.8. The number of nitrogens with zero attached hydrogens (tertiary/aromatic N) is 1. The zero-order chi connectivity index (χ0) is 19.3. The van der Waals surface area contributed by atoms with Crippen molar-refractivity contribution in [2.75, 3.05) is 6.26 Å². The van der Waals surface area contributed by atoms with Gasteiger partial charge in [-0.2, -0.15) is 0 Å². The predicted octanol–water partition coefficient (Wildman–Crippen LogP) is 4.91. The average Bonchev–Trinajstić information content (AvgIpc) is 3.25. The highest BCUT2D eigenvalue weighted by atomic mass is 32.2. The Morgan fingerprint density at radius 3 is 2.79 bits per heavy atom. The summed E-state index contributed by atoms with van der Waals surface area (Å²) in [5.74, 6) is 0.405. The molecule has 2 heterocycles. The van der Waals surface area contributed by atoms with Crippen LogP contribution in [-0.4, -0.2) is 12.2 Å². The number of fused-ring (bicyclic) bond motifs is 1. The first-order valence-electron chi connectivity index (χ1n) is 8.75. The molecule has 0 aliphatic heterocycles. The zero-order valence-corrected chi connectivity index (χ0v) is 16.0. The molecule has 4 aromatic rings. The first-order valence-corrected chi connectivity index (χ1v) is 9.98. The lowest BCUT2D eigenvalue weighted by Gasteiger charge is -2.06. The summed E-state index contributed by atoms with van der Waals surface area (Å²) in [5, 5.41) is 3.69. The third-order valence-electron chi connectivity index (χ3n) is 4.19. The highest BCUT2D eigenvalue weighted by Crippen LogP contribution is 2.21. The molecule has 0 saturated heterocycles. The van der Waals surface area contributed by atoms with E-state index in [1.807, 2.05) is 60.9 Å². The van der Waals surface area contributed by atoms with Crippen molar-refractivity contribution < 1.29 is 13.6 Å². The Morgan fingerprint density at radius 2 is 1.96 bits per heavy atom. The molecular weight excluding hydrogens is 372 g/mol. The summed E-state index contributed by atoms with van der Waals surface area (Å²) in [4.78, 5) is 18.5. The van der Waals surface area contributed by atoms with Gasteiger partial charge in [-0.15, -0.1) is 11.8 Å². The predicted molar refractivity (Wildman–Crippen MR) is 110 cm³/mol. The molecule has 2 aromatic heterocycles. The van der Waals surface area contributed by atoms with Crippen LogP contribution in [0.2, 0.25) is 0 Å². The van der Waals surface area contributed by atoms with Gasteiger partial charge in [0.05, 0.1) is 18.5 Å². The van der Waals surface area contributed by atoms with Gasteiger partial charge < -0.3 is 14.2 Å². The van der Waals surface area contributed by atoms with E-state index < -0.39 is 0 Å². The zero-order valence-electron chi connectivity index (χ0n) is 15.2. The monoisotopic (exact) mass is 390 g/mol. The van der Waals surface area contributed by atoms with Gasteiger partial charge in [-0.1, -0.05) is 24.3 Å². The molecule has 0 atom stereocenters. The largest absolute Gasteiger partial charge is 0.467 e. The Balaban J connectivity index is 1.77. The molecule has 0 unspecified atom stereocenters. The molecule has 1 N–H and O–H groups in total. The van der Waals surface area contributed by atoms with Gasteiger partial charge in [0.2, 0.25) is 5.55 Å². The first-order chi connectivity index (χ1) is 13.7. The Bertz CT molecular complexity index is 1180. The quantitative estimate of drug-likeness (QED) is 0.492. The van der Waals surface area contributed by atoms with Crippen molar-refractivity contribution in [3.63, 3.8) is 0 Å². The van der Waals surface area contributed by atoms with E-state index in [-0.39, 0.29) is 11.5 Å². The van der Waals surface area contributed by atoms with Crippen LogP contribution in [0.1, 0.15) is 16.1 Å². The summed E-state index contributed by atoms with van der Waals surface area (Å²) in [6.07, 6.45) is 3.58. The molecule has 0 bridgehead atoms. The fourth-order valence-electron chi connectivity index (χ4n) is 2.79. The van der Waals surface area contributed by atoms with E-state index in [1.165, 1.54) is 0 Å². The number of rotatable bonds is 5. The van der Waals surface area contributed by atoms with Gasteiger partial charge in [0.15, 0.2) is 0 Å². The lowest BCUT2D eigenvalue weighted by Crippen LogP contribution is -2.28. The summed E-state index contributed by atoms with van der Waals surface area (Å²) in [6.45, 7) is 0.292. The van der Waals surface area contributed by atoms with E-state index in [2.05, 4.69) is 10.3 Å². The molecule has 0 aliphatic rings. The second-order valence-corrected chi connectivity index (χ2v) is 6.96. The number of nitrogens with one attached hydrogen (secondary N) is 1. The van der Waals surface area contributed by atoms with Crippen molar-refractivity contribution >= 4 is 34.3 Å². The molecule has 1 amide bonds. The molecule has 140 valence electrons. The summed E-state index contributed by atoms with van der Waals surface area (Å²) in [5.41, 5.74) is 2.05. The van der Waals surface area contributed by atoms with Crippen molar-refractivity contribution in [2.45, 2.75) is 11.4 Å². The number of hydrogen-bond donors (Lipinski definition) is 1. The Labute approximate surface area is 166 Å². The summed E-state index contributed by atoms with van der Waals surface area (Å²) >= 11 is 1.63. The maximum Gasteiger partial charge on any atom is 0.257 e. The van der Waals surface area contributed by atoms with Gasteiger partial charge in [0.1, 0.15) is 16.9 Å². The van der Waals surface area contributed by atoms with Crippen molar-refractivity contribution in [3.8, 4) is 0 Å². The minimum atomic E-state index is -0.273. The summed E-state index contributed by atoms with van der Waals surface area (Å²) in [6, 6.07) is 20.7. The van der Waals surface area contributed by atoms with Crippen LogP contribution in [0.15, 0.2) is 91.7 Å². The first kappa shape index (κ1) is 18.1. The number of carbonyl (C=O) groups excluding carboxylic acids is 1. The van der Waals surface area contributed by atoms with Gasteiger partial charge in [-0.3, -0.25) is 4.79 Å². The van der Waals surface area contributed by atoms with E-state index in [0.29, 0.717) is 23.5 Å². The maximum absolute atomic E-state index is 12.8. The van der Waals surface area contributed by atoms with Gasteiger partial charge >= 0.3 is 0 Å². The third-order valence-corrected chi connectivity index (χ3v) is 4.91. The number of carbonyl (C=O) groups is 1. The summed E-state index contributed by atoms with van der Waals surface area (Å²) < 4.78 is 11.2. The lowest BCUT2D eigenvalue weighted by atomic mass is 10.1. The molecular formula is C22H18N2O3S. The highest BCUT2D eigenvalue weighted by molar-refractivity contribution is 7.98. The van der Waals surface area contributed by atoms with Crippen LogP contribution in [-0.2, 0) is 6.54 Å². The van der Waals surface area contributed by atoms with Crippen LogP contribution in [0, 0.1) is 0 Å². The van der Waals surface area contributed by atoms with Crippen LogP contribution in [0.3, 0.4) is 0 Å². The normalized spacial score (nSPS) is 11.7. The van der Waals surface area contributed by atoms with E-state index in [4.69, 9.17) is 8.83 Å². The van der Waals surface area contributed by atoms with Crippen molar-refractivity contribution in [1.82, 2.24) is 5.32 Å². The Kier molecular flexibility index (Phi) is 5.30. The van der Waals surface area contributed by atoms with Crippen LogP contribution in [0.4, 0.5) is 5.69 Å². The fourth-order valence-corrected chi connectivity index (χ4v) is 3.24. The van der Waals surface area contributed by atoms with Crippen LogP contribution in [0.5, 0.6) is 0 Å². The molecule has 5 nitrogen and oxygen atoms in total. The number of hydrogen-bond acceptors (Lipinski definition) is 5. The van der Waals surface area contributed by atoms with Crippen LogP contribution >= 0.6 is 11.8 Å². The Morgan fingerprint density at radius 1 is 1.07 bits per heavy atom. The molecule has 0 saturated carbocycles. The van der Waals surface area contributed by atoms with Gasteiger partial charge in [-0.05, 0) is 48.7 Å². The molecule has 0 spiro atoms. The fraction of sp³-hybridized carbons (Fsp3) is 0.0909. The molecule has 4 rings (SSSR count). The molecule has 6 heteroatoms. The number of furan rings is 1. The lowest BCUT2D eigenvalue weighted by molar-refractivity contribution is 0.0944. The van der Waals surface area contributed by atoms with E-state index in [9.17, 15) is 4.79 Å². The minimum Gasteiger partial charge on any atom is -0.467 e. The number of amides is 1. The molecule has 0 radical (unpaired) electrons. The van der Waals surface area contributed by atoms with Crippen molar-refractivity contribution in [3.05, 3.63) is 89.9 Å². The number of benzene rings is 2. The second-order valence-electron chi connectivity index (χ2n) is 6.08. The van der Waals surface area contributed by atoms with Crippen LogP contribution < -0.4 is 10.9 Å². The Hall–Kier alpha value is -3.25. The van der Waals surface area contributed by atoms with Gasteiger partial charge in [-0.25, -0.2) is 4.99 Å². The molecule has 28 heavy (non-hydrogen) atoms. The molecule has 2 aromatic carbocycles. The van der Waals surface area contributed by atoms with Gasteiger partial charge in [0.25, 0.3) is 5.91 Å². The summed E-state index contributed by atoms with van der Waals surface area (Å²) in [7, 11) is 0. The topological polar surface area (TPSA) is 67.7 Å². The second kappa shape index (κ2) is 8.19. The standard InChI is InChI=1S/C22H18N2O3S/c1-28-18-9-4-7-16(13-18)24-22-19(12-15-6-2-3-10-20(15)27-22)21(25)23-14-17-8-5-11-26-17/h2-13H,14H2,1H3,(H,23,25). The number of para-hydroxylation sites is 1. The van der Waals surface area contributed by atoms with E-state index in [1.54, 1.807) is 30.2 Å². The highest BCUT2D eigenvalue weighted by Gasteiger charge is 2.13. The molecule has 0 aliphatic carbocycles. The third kappa shape index (κ3) is 4.02. The average molecular weight is 390 g/mol. The van der Waals surface area contributed by atoms with E-state index in [0.717, 1.165) is 16.0 Å². The SMILES string of the molecule is CSc1cccc(N=c2oc3ccccc3cc2C(=O)NCc2ccco2)c1. The minimum absolute atomic E-state index is 0.272. The molecule has 0 fully saturated rings. The van der Waals surface area contributed by atoms with Crippen molar-refractivity contribution in [2.24, 2.45) is 4.99 Å². The van der Waals surface area contributed by atoms with Gasteiger partial charge in [0, 0.05) is 10.3 Å². The van der Waals surface area contributed by atoms with E-state index >= 15 is 0 Å². The van der Waals surface area contributed by atoms with Crippen LogP contribution in [0.25, 0.3) is 11.0 Å².